The number of nitrogens with one attached hydrogen (secondary N) is 2. The number of carbonyl (C=O) groups is 2. The van der Waals surface area contributed by atoms with Crippen LogP contribution in [0.2, 0.25) is 0 Å². The lowest BCUT2D eigenvalue weighted by Gasteiger charge is -2.27. The Kier molecular flexibility index (Phi) is 6.65. The van der Waals surface area contributed by atoms with E-state index in [2.05, 4.69) is 15.7 Å². The fourth-order valence-electron chi connectivity index (χ4n) is 3.29. The number of para-hydroxylation sites is 1. The van der Waals surface area contributed by atoms with Crippen LogP contribution in [0.3, 0.4) is 0 Å². The van der Waals surface area contributed by atoms with Crippen molar-refractivity contribution in [2.45, 2.75) is 26.3 Å². The Morgan fingerprint density at radius 2 is 2.04 bits per heavy atom. The number of rotatable bonds is 7. The largest absolute Gasteiger partial charge is 0.382 e. The molecule has 2 heterocycles. The number of hydrogen-bond acceptors (Lipinski definition) is 4. The summed E-state index contributed by atoms with van der Waals surface area (Å²) in [4.78, 5) is 26.9. The van der Waals surface area contributed by atoms with Crippen molar-refractivity contribution >= 4 is 17.6 Å². The average Bonchev–Trinajstić information content (AvgIpc) is 3.04. The van der Waals surface area contributed by atoms with Gasteiger partial charge in [-0.3, -0.25) is 9.48 Å². The summed E-state index contributed by atoms with van der Waals surface area (Å²) in [5.74, 6) is -0.262. The molecule has 8 nitrogen and oxygen atoms in total. The summed E-state index contributed by atoms with van der Waals surface area (Å²) >= 11 is 0. The molecule has 0 unspecified atom stereocenters. The van der Waals surface area contributed by atoms with Gasteiger partial charge in [0, 0.05) is 56.7 Å². The first kappa shape index (κ1) is 19.9. The summed E-state index contributed by atoms with van der Waals surface area (Å²) in [6, 6.07) is 9.15. The molecule has 3 amide bonds. The number of aromatic nitrogens is 2. The predicted molar refractivity (Wildman–Crippen MR) is 106 cm³/mol. The van der Waals surface area contributed by atoms with Gasteiger partial charge in [-0.25, -0.2) is 4.79 Å². The molecular formula is C20H27N5O3. The standard InChI is InChI=1S/C20H27N5O3/c1-3-28-13-7-11-21-20(27)25-12-10-17-16(14-25)18(23-24(17)2)19(26)22-15-8-5-4-6-9-15/h4-6,8-9H,3,7,10-14H2,1-2H3,(H,21,27)(H,22,26). The van der Waals surface area contributed by atoms with Gasteiger partial charge in [0.25, 0.3) is 5.91 Å². The van der Waals surface area contributed by atoms with Crippen LogP contribution in [0.25, 0.3) is 0 Å². The number of ether oxygens (including phenoxy) is 1. The zero-order chi connectivity index (χ0) is 19.9. The van der Waals surface area contributed by atoms with E-state index in [0.29, 0.717) is 50.7 Å². The highest BCUT2D eigenvalue weighted by Gasteiger charge is 2.29. The smallest absolute Gasteiger partial charge is 0.317 e. The van der Waals surface area contributed by atoms with Crippen molar-refractivity contribution in [3.05, 3.63) is 47.3 Å². The third kappa shape index (κ3) is 4.69. The van der Waals surface area contributed by atoms with Crippen LogP contribution in [0, 0.1) is 0 Å². The van der Waals surface area contributed by atoms with Gasteiger partial charge in [0.05, 0.1) is 6.54 Å². The first-order chi connectivity index (χ1) is 13.6. The molecule has 1 aromatic heterocycles. The highest BCUT2D eigenvalue weighted by Crippen LogP contribution is 2.23. The second-order valence-electron chi connectivity index (χ2n) is 6.67. The second kappa shape index (κ2) is 9.36. The zero-order valence-electron chi connectivity index (χ0n) is 16.4. The van der Waals surface area contributed by atoms with Gasteiger partial charge < -0.3 is 20.3 Å². The van der Waals surface area contributed by atoms with E-state index in [1.54, 1.807) is 9.58 Å². The van der Waals surface area contributed by atoms with Crippen molar-refractivity contribution in [1.29, 1.82) is 0 Å². The van der Waals surface area contributed by atoms with Gasteiger partial charge in [-0.1, -0.05) is 18.2 Å². The van der Waals surface area contributed by atoms with E-state index in [0.717, 1.165) is 17.7 Å². The fourth-order valence-corrected chi connectivity index (χ4v) is 3.29. The third-order valence-corrected chi connectivity index (χ3v) is 4.72. The van der Waals surface area contributed by atoms with Gasteiger partial charge in [0.2, 0.25) is 0 Å². The lowest BCUT2D eigenvalue weighted by Crippen LogP contribution is -2.43. The summed E-state index contributed by atoms with van der Waals surface area (Å²) in [6.45, 7) is 4.80. The summed E-state index contributed by atoms with van der Waals surface area (Å²) in [7, 11) is 1.83. The van der Waals surface area contributed by atoms with Crippen LogP contribution < -0.4 is 10.6 Å². The number of aryl methyl sites for hydroxylation is 1. The number of hydrogen-bond donors (Lipinski definition) is 2. The number of anilines is 1. The van der Waals surface area contributed by atoms with Crippen LogP contribution in [0.5, 0.6) is 0 Å². The molecule has 2 N–H and O–H groups in total. The minimum atomic E-state index is -0.262. The van der Waals surface area contributed by atoms with Gasteiger partial charge in [0.15, 0.2) is 5.69 Å². The molecule has 1 aliphatic heterocycles. The third-order valence-electron chi connectivity index (χ3n) is 4.72. The SMILES string of the molecule is CCOCCCNC(=O)N1CCc2c(c(C(=O)Nc3ccccc3)nn2C)C1. The van der Waals surface area contributed by atoms with Crippen molar-refractivity contribution in [3.63, 3.8) is 0 Å². The molecule has 0 radical (unpaired) electrons. The minimum absolute atomic E-state index is 0.125. The molecule has 150 valence electrons. The molecule has 0 aliphatic carbocycles. The normalized spacial score (nSPS) is 13.1. The van der Waals surface area contributed by atoms with Gasteiger partial charge >= 0.3 is 6.03 Å². The van der Waals surface area contributed by atoms with Crippen molar-refractivity contribution in [1.82, 2.24) is 20.0 Å². The highest BCUT2D eigenvalue weighted by molar-refractivity contribution is 6.04. The quantitative estimate of drug-likeness (QED) is 0.715. The second-order valence-corrected chi connectivity index (χ2v) is 6.67. The van der Waals surface area contributed by atoms with E-state index < -0.39 is 0 Å². The fraction of sp³-hybridized carbons (Fsp3) is 0.450. The summed E-state index contributed by atoms with van der Waals surface area (Å²) in [5, 5.41) is 10.2. The first-order valence-electron chi connectivity index (χ1n) is 9.61. The molecule has 2 aromatic rings. The monoisotopic (exact) mass is 385 g/mol. The van der Waals surface area contributed by atoms with E-state index >= 15 is 0 Å². The van der Waals surface area contributed by atoms with Gasteiger partial charge in [0.1, 0.15) is 0 Å². The molecule has 0 saturated carbocycles. The Bertz CT molecular complexity index is 819. The van der Waals surface area contributed by atoms with Crippen molar-refractivity contribution in [3.8, 4) is 0 Å². The lowest BCUT2D eigenvalue weighted by atomic mass is 10.0. The Labute approximate surface area is 164 Å². The van der Waals surface area contributed by atoms with Crippen LogP contribution in [0.15, 0.2) is 30.3 Å². The van der Waals surface area contributed by atoms with E-state index in [1.807, 2.05) is 44.3 Å². The van der Waals surface area contributed by atoms with E-state index in [4.69, 9.17) is 4.74 Å². The molecule has 0 fully saturated rings. The van der Waals surface area contributed by atoms with Gasteiger partial charge in [-0.05, 0) is 25.5 Å². The van der Waals surface area contributed by atoms with E-state index in [9.17, 15) is 9.59 Å². The van der Waals surface area contributed by atoms with E-state index in [1.165, 1.54) is 0 Å². The highest BCUT2D eigenvalue weighted by atomic mass is 16.5. The van der Waals surface area contributed by atoms with Gasteiger partial charge in [-0.15, -0.1) is 0 Å². The number of urea groups is 1. The molecule has 0 atom stereocenters. The minimum Gasteiger partial charge on any atom is -0.382 e. The first-order valence-corrected chi connectivity index (χ1v) is 9.61. The molecule has 0 spiro atoms. The van der Waals surface area contributed by atoms with Crippen molar-refractivity contribution < 1.29 is 14.3 Å². The summed E-state index contributed by atoms with van der Waals surface area (Å²) in [5.41, 5.74) is 2.90. The summed E-state index contributed by atoms with van der Waals surface area (Å²) < 4.78 is 7.02. The molecular weight excluding hydrogens is 358 g/mol. The number of carbonyl (C=O) groups excluding carboxylic acids is 2. The van der Waals surface area contributed by atoms with Crippen LogP contribution in [0.4, 0.5) is 10.5 Å². The summed E-state index contributed by atoms with van der Waals surface area (Å²) in [6.07, 6.45) is 1.44. The average molecular weight is 385 g/mol. The lowest BCUT2D eigenvalue weighted by molar-refractivity contribution is 0.101. The molecule has 0 bridgehead atoms. The Balaban J connectivity index is 1.65. The molecule has 1 aromatic carbocycles. The number of fused-ring (bicyclic) bond motifs is 1. The van der Waals surface area contributed by atoms with Gasteiger partial charge in [-0.2, -0.15) is 5.10 Å². The Morgan fingerprint density at radius 1 is 1.25 bits per heavy atom. The Hall–Kier alpha value is -2.87. The topological polar surface area (TPSA) is 88.5 Å². The number of nitrogens with zero attached hydrogens (tertiary/aromatic N) is 3. The maximum atomic E-state index is 12.7. The number of benzene rings is 1. The molecule has 3 rings (SSSR count). The van der Waals surface area contributed by atoms with Crippen LogP contribution >= 0.6 is 0 Å². The predicted octanol–water partition coefficient (Wildman–Crippen LogP) is 2.17. The van der Waals surface area contributed by atoms with Crippen LogP contribution in [-0.4, -0.2) is 52.9 Å². The van der Waals surface area contributed by atoms with Crippen LogP contribution in [0.1, 0.15) is 35.1 Å². The number of amides is 3. The van der Waals surface area contributed by atoms with E-state index in [-0.39, 0.29) is 11.9 Å². The molecule has 8 heteroatoms. The molecule has 28 heavy (non-hydrogen) atoms. The maximum Gasteiger partial charge on any atom is 0.317 e. The molecule has 0 saturated heterocycles. The maximum absolute atomic E-state index is 12.7. The van der Waals surface area contributed by atoms with Crippen molar-refractivity contribution in [2.75, 3.05) is 31.6 Å². The van der Waals surface area contributed by atoms with Crippen molar-refractivity contribution in [2.24, 2.45) is 7.05 Å². The molecule has 1 aliphatic rings. The Morgan fingerprint density at radius 3 is 2.79 bits per heavy atom. The van der Waals surface area contributed by atoms with Crippen LogP contribution in [-0.2, 0) is 24.8 Å². The zero-order valence-corrected chi connectivity index (χ0v) is 16.4.